The zero-order valence-corrected chi connectivity index (χ0v) is 8.93. The topological polar surface area (TPSA) is 83.8 Å². The van der Waals surface area contributed by atoms with Crippen LogP contribution >= 0.6 is 0 Å². The third kappa shape index (κ3) is 2.38. The van der Waals surface area contributed by atoms with E-state index in [-0.39, 0.29) is 16.9 Å². The van der Waals surface area contributed by atoms with Crippen molar-refractivity contribution in [3.63, 3.8) is 0 Å². The Morgan fingerprint density at radius 1 is 1.38 bits per heavy atom. The van der Waals surface area contributed by atoms with Crippen molar-refractivity contribution in [3.05, 3.63) is 29.3 Å². The highest BCUT2D eigenvalue weighted by Crippen LogP contribution is 2.23. The molecule has 0 aliphatic rings. The molecule has 0 bridgehead atoms. The average Bonchev–Trinajstić information content (AvgIpc) is 2.26. The molecule has 0 heterocycles. The summed E-state index contributed by atoms with van der Waals surface area (Å²) in [4.78, 5) is 21.9. The maximum absolute atomic E-state index is 11.3. The van der Waals surface area contributed by atoms with E-state index in [1.54, 1.807) is 0 Å². The predicted octanol–water partition coefficient (Wildman–Crippen LogP) is 1.02. The van der Waals surface area contributed by atoms with E-state index in [1.807, 2.05) is 0 Å². The molecule has 1 aromatic carbocycles. The standard InChI is InChI=1S/C11H12O5/c1-6(12)9-5-7(16-2)3-4-8(9)10(13)11(14)15/h3-5,10,13H,1-2H3,(H,14,15). The summed E-state index contributed by atoms with van der Waals surface area (Å²) in [6, 6.07) is 4.27. The lowest BCUT2D eigenvalue weighted by atomic mass is 9.99. The number of Topliss-reactive ketones (excluding diaryl/α,β-unsaturated/α-hetero) is 1. The van der Waals surface area contributed by atoms with Crippen molar-refractivity contribution in [1.82, 2.24) is 0 Å². The highest BCUT2D eigenvalue weighted by atomic mass is 16.5. The molecule has 1 atom stereocenters. The molecule has 86 valence electrons. The van der Waals surface area contributed by atoms with Crippen LogP contribution in [0.5, 0.6) is 5.75 Å². The molecular weight excluding hydrogens is 212 g/mol. The van der Waals surface area contributed by atoms with Crippen molar-refractivity contribution < 1.29 is 24.5 Å². The van der Waals surface area contributed by atoms with Crippen LogP contribution in [0.2, 0.25) is 0 Å². The van der Waals surface area contributed by atoms with Gasteiger partial charge in [-0.2, -0.15) is 0 Å². The number of hydrogen-bond acceptors (Lipinski definition) is 4. The second-order valence-electron chi connectivity index (χ2n) is 3.25. The van der Waals surface area contributed by atoms with Crippen LogP contribution in [-0.2, 0) is 4.79 Å². The van der Waals surface area contributed by atoms with Crippen LogP contribution in [0.15, 0.2) is 18.2 Å². The van der Waals surface area contributed by atoms with Crippen molar-refractivity contribution in [2.75, 3.05) is 7.11 Å². The van der Waals surface area contributed by atoms with E-state index in [0.717, 1.165) is 0 Å². The number of rotatable bonds is 4. The van der Waals surface area contributed by atoms with Crippen molar-refractivity contribution in [2.24, 2.45) is 0 Å². The molecule has 5 heteroatoms. The van der Waals surface area contributed by atoms with E-state index in [9.17, 15) is 14.7 Å². The molecule has 0 radical (unpaired) electrons. The van der Waals surface area contributed by atoms with Gasteiger partial charge in [-0.1, -0.05) is 6.07 Å². The Labute approximate surface area is 92.3 Å². The summed E-state index contributed by atoms with van der Waals surface area (Å²) < 4.78 is 4.92. The van der Waals surface area contributed by atoms with Gasteiger partial charge in [0.25, 0.3) is 0 Å². The summed E-state index contributed by atoms with van der Waals surface area (Å²) in [6.07, 6.45) is -1.70. The Kier molecular flexibility index (Phi) is 3.63. The van der Waals surface area contributed by atoms with Gasteiger partial charge >= 0.3 is 5.97 Å². The van der Waals surface area contributed by atoms with E-state index < -0.39 is 12.1 Å². The zero-order valence-electron chi connectivity index (χ0n) is 8.93. The van der Waals surface area contributed by atoms with Gasteiger partial charge in [0, 0.05) is 11.1 Å². The molecule has 5 nitrogen and oxygen atoms in total. The number of methoxy groups -OCH3 is 1. The fourth-order valence-electron chi connectivity index (χ4n) is 1.34. The SMILES string of the molecule is COc1ccc(C(O)C(=O)O)c(C(C)=O)c1. The molecule has 0 aliphatic heterocycles. The molecule has 16 heavy (non-hydrogen) atoms. The number of ether oxygens (including phenoxy) is 1. The summed E-state index contributed by atoms with van der Waals surface area (Å²) in [7, 11) is 1.44. The Bertz CT molecular complexity index is 424. The minimum absolute atomic E-state index is 0.0702. The van der Waals surface area contributed by atoms with Crippen molar-refractivity contribution in [1.29, 1.82) is 0 Å². The number of aliphatic carboxylic acids is 1. The molecule has 0 fully saturated rings. The summed E-state index contributed by atoms with van der Waals surface area (Å²) >= 11 is 0. The lowest BCUT2D eigenvalue weighted by molar-refractivity contribution is -0.146. The van der Waals surface area contributed by atoms with Crippen LogP contribution in [0.4, 0.5) is 0 Å². The Morgan fingerprint density at radius 2 is 2.00 bits per heavy atom. The molecular formula is C11H12O5. The largest absolute Gasteiger partial charge is 0.497 e. The number of ketones is 1. The number of hydrogen-bond donors (Lipinski definition) is 2. The summed E-state index contributed by atoms with van der Waals surface area (Å²) in [6.45, 7) is 1.30. The van der Waals surface area contributed by atoms with Gasteiger partial charge in [-0.25, -0.2) is 4.79 Å². The van der Waals surface area contributed by atoms with E-state index >= 15 is 0 Å². The average molecular weight is 224 g/mol. The van der Waals surface area contributed by atoms with Gasteiger partial charge in [0.15, 0.2) is 11.9 Å². The summed E-state index contributed by atoms with van der Waals surface area (Å²) in [5, 5.41) is 18.1. The lowest BCUT2D eigenvalue weighted by Gasteiger charge is -2.11. The van der Waals surface area contributed by atoms with Crippen molar-refractivity contribution >= 4 is 11.8 Å². The number of aliphatic hydroxyl groups excluding tert-OH is 1. The zero-order chi connectivity index (χ0) is 12.3. The summed E-state index contributed by atoms with van der Waals surface area (Å²) in [5.74, 6) is -1.28. The van der Waals surface area contributed by atoms with Gasteiger partial charge in [-0.15, -0.1) is 0 Å². The summed E-state index contributed by atoms with van der Waals surface area (Å²) in [5.41, 5.74) is 0.218. The quantitative estimate of drug-likeness (QED) is 0.746. The second kappa shape index (κ2) is 4.76. The first-order valence-electron chi connectivity index (χ1n) is 4.57. The molecule has 2 N–H and O–H groups in total. The molecule has 0 saturated carbocycles. The first-order chi connectivity index (χ1) is 7.47. The molecule has 0 aromatic heterocycles. The fraction of sp³-hybridized carbons (Fsp3) is 0.273. The predicted molar refractivity (Wildman–Crippen MR) is 55.6 cm³/mol. The third-order valence-corrected chi connectivity index (χ3v) is 2.17. The Morgan fingerprint density at radius 3 is 2.44 bits per heavy atom. The minimum Gasteiger partial charge on any atom is -0.497 e. The van der Waals surface area contributed by atoms with Gasteiger partial charge < -0.3 is 14.9 Å². The van der Waals surface area contributed by atoms with Gasteiger partial charge in [0.1, 0.15) is 5.75 Å². The van der Waals surface area contributed by atoms with Gasteiger partial charge in [0.05, 0.1) is 7.11 Å². The van der Waals surface area contributed by atoms with Crippen LogP contribution in [0, 0.1) is 0 Å². The van der Waals surface area contributed by atoms with Crippen LogP contribution < -0.4 is 4.74 Å². The van der Waals surface area contributed by atoms with Gasteiger partial charge in [-0.05, 0) is 19.1 Å². The van der Waals surface area contributed by atoms with Crippen molar-refractivity contribution in [2.45, 2.75) is 13.0 Å². The van der Waals surface area contributed by atoms with Crippen LogP contribution in [0.3, 0.4) is 0 Å². The lowest BCUT2D eigenvalue weighted by Crippen LogP contribution is -2.14. The van der Waals surface area contributed by atoms with E-state index in [2.05, 4.69) is 0 Å². The smallest absolute Gasteiger partial charge is 0.337 e. The number of carbonyl (C=O) groups excluding carboxylic acids is 1. The number of carboxylic acids is 1. The van der Waals surface area contributed by atoms with Crippen molar-refractivity contribution in [3.8, 4) is 5.75 Å². The molecule has 0 saturated heterocycles. The number of aliphatic hydroxyl groups is 1. The molecule has 1 aromatic rings. The first kappa shape index (κ1) is 12.2. The Hall–Kier alpha value is -1.88. The maximum Gasteiger partial charge on any atom is 0.337 e. The normalized spacial score (nSPS) is 11.9. The number of benzene rings is 1. The van der Waals surface area contributed by atoms with Gasteiger partial charge in [-0.3, -0.25) is 4.79 Å². The molecule has 0 spiro atoms. The number of carboxylic acid groups (broad SMARTS) is 1. The molecule has 1 rings (SSSR count). The fourth-order valence-corrected chi connectivity index (χ4v) is 1.34. The third-order valence-electron chi connectivity index (χ3n) is 2.17. The van der Waals surface area contributed by atoms with E-state index in [1.165, 1.54) is 32.2 Å². The van der Waals surface area contributed by atoms with Gasteiger partial charge in [0.2, 0.25) is 0 Å². The Balaban J connectivity index is 3.28. The first-order valence-corrected chi connectivity index (χ1v) is 4.57. The van der Waals surface area contributed by atoms with E-state index in [4.69, 9.17) is 9.84 Å². The monoisotopic (exact) mass is 224 g/mol. The van der Waals surface area contributed by atoms with Crippen LogP contribution in [-0.4, -0.2) is 29.1 Å². The van der Waals surface area contributed by atoms with Crippen LogP contribution in [0.25, 0.3) is 0 Å². The van der Waals surface area contributed by atoms with Crippen LogP contribution in [0.1, 0.15) is 28.9 Å². The number of carbonyl (C=O) groups is 2. The molecule has 0 amide bonds. The highest BCUT2D eigenvalue weighted by molar-refractivity contribution is 5.97. The maximum atomic E-state index is 11.3. The molecule has 0 aliphatic carbocycles. The molecule has 1 unspecified atom stereocenters. The second-order valence-corrected chi connectivity index (χ2v) is 3.25. The van der Waals surface area contributed by atoms with E-state index in [0.29, 0.717) is 5.75 Å². The highest BCUT2D eigenvalue weighted by Gasteiger charge is 2.21. The minimum atomic E-state index is -1.70.